The third-order valence-corrected chi connectivity index (χ3v) is 6.66. The smallest absolute Gasteiger partial charge is 0.283 e. The number of amidine groups is 1. The zero-order valence-corrected chi connectivity index (χ0v) is 16.9. The van der Waals surface area contributed by atoms with Crippen molar-refractivity contribution in [3.8, 4) is 5.75 Å². The molecule has 0 radical (unpaired) electrons. The van der Waals surface area contributed by atoms with Crippen LogP contribution >= 0.6 is 11.6 Å². The molecule has 3 heterocycles. The number of anilines is 1. The Hall–Kier alpha value is -2.80. The summed E-state index contributed by atoms with van der Waals surface area (Å²) < 4.78 is 12.0. The molecule has 1 aliphatic carbocycles. The number of ether oxygens (including phenoxy) is 2. The number of nitrogens with zero attached hydrogens (tertiary/aromatic N) is 2. The lowest BCUT2D eigenvalue weighted by atomic mass is 9.66. The second-order valence-corrected chi connectivity index (χ2v) is 8.76. The molecule has 1 aromatic carbocycles. The number of carbonyl (C=O) groups is 1. The lowest BCUT2D eigenvalue weighted by molar-refractivity contribution is -0.0477. The first-order valence-electron chi connectivity index (χ1n) is 9.51. The molecule has 0 bridgehead atoms. The van der Waals surface area contributed by atoms with E-state index in [1.54, 1.807) is 12.1 Å². The minimum absolute atomic E-state index is 0.186. The van der Waals surface area contributed by atoms with Gasteiger partial charge in [0.2, 0.25) is 0 Å². The molecule has 1 atom stereocenters. The van der Waals surface area contributed by atoms with Crippen molar-refractivity contribution in [2.75, 3.05) is 11.9 Å². The van der Waals surface area contributed by atoms with Crippen molar-refractivity contribution in [2.45, 2.75) is 37.8 Å². The molecule has 150 valence electrons. The Morgan fingerprint density at radius 1 is 1.24 bits per heavy atom. The average molecular weight is 413 g/mol. The van der Waals surface area contributed by atoms with E-state index in [0.717, 1.165) is 24.2 Å². The van der Waals surface area contributed by atoms with Gasteiger partial charge in [-0.05, 0) is 57.0 Å². The largest absolute Gasteiger partial charge is 0.487 e. The van der Waals surface area contributed by atoms with Gasteiger partial charge in [0.25, 0.3) is 11.9 Å². The van der Waals surface area contributed by atoms with E-state index >= 15 is 0 Å². The standard InChI is InChI=1S/C21H21ClN4O3/c1-19(2)20(7-8-20)21(11-28-18(23)26-21)14-9-13(4-6-16(14)29-19)25-17(27)15-5-3-12(22)10-24-15/h3-6,9-10H,7-8,11H2,1-2H3,(H2,23,26)(H,25,27). The van der Waals surface area contributed by atoms with E-state index in [4.69, 9.17) is 31.8 Å². The predicted octanol–water partition coefficient (Wildman–Crippen LogP) is 3.48. The molecular weight excluding hydrogens is 392 g/mol. The van der Waals surface area contributed by atoms with Crippen LogP contribution in [0.2, 0.25) is 5.02 Å². The van der Waals surface area contributed by atoms with Gasteiger partial charge in [-0.2, -0.15) is 0 Å². The first-order valence-corrected chi connectivity index (χ1v) is 9.89. The highest BCUT2D eigenvalue weighted by molar-refractivity contribution is 6.30. The van der Waals surface area contributed by atoms with Crippen LogP contribution < -0.4 is 15.8 Å². The number of pyridine rings is 1. The molecule has 1 unspecified atom stereocenters. The van der Waals surface area contributed by atoms with E-state index in [0.29, 0.717) is 17.3 Å². The number of nitrogens with two attached hydrogens (primary N) is 1. The second-order valence-electron chi connectivity index (χ2n) is 8.32. The Balaban J connectivity index is 1.55. The molecule has 29 heavy (non-hydrogen) atoms. The number of rotatable bonds is 2. The van der Waals surface area contributed by atoms with Gasteiger partial charge < -0.3 is 20.5 Å². The number of hydrogen-bond donors (Lipinski definition) is 2. The van der Waals surface area contributed by atoms with Crippen molar-refractivity contribution < 1.29 is 14.3 Å². The van der Waals surface area contributed by atoms with E-state index in [2.05, 4.69) is 24.1 Å². The van der Waals surface area contributed by atoms with E-state index in [1.165, 1.54) is 6.20 Å². The molecule has 3 N–H and O–H groups in total. The first-order chi connectivity index (χ1) is 13.8. The topological polar surface area (TPSA) is 98.8 Å². The summed E-state index contributed by atoms with van der Waals surface area (Å²) >= 11 is 5.85. The third-order valence-electron chi connectivity index (χ3n) is 6.43. The minimum Gasteiger partial charge on any atom is -0.487 e. The number of aliphatic imine (C=N–C) groups is 1. The van der Waals surface area contributed by atoms with Crippen molar-refractivity contribution in [1.29, 1.82) is 0 Å². The highest BCUT2D eigenvalue weighted by Gasteiger charge is 2.73. The van der Waals surface area contributed by atoms with Gasteiger partial charge in [0.05, 0.1) is 5.02 Å². The molecule has 7 nitrogen and oxygen atoms in total. The van der Waals surface area contributed by atoms with Crippen LogP contribution in [-0.4, -0.2) is 29.1 Å². The molecule has 1 fully saturated rings. The number of nitrogens with one attached hydrogen (secondary N) is 1. The molecule has 1 amide bonds. The summed E-state index contributed by atoms with van der Waals surface area (Å²) in [6.07, 6.45) is 3.40. The Morgan fingerprint density at radius 2 is 2.03 bits per heavy atom. The van der Waals surface area contributed by atoms with E-state index in [-0.39, 0.29) is 23.0 Å². The summed E-state index contributed by atoms with van der Waals surface area (Å²) in [6.45, 7) is 4.56. The van der Waals surface area contributed by atoms with Gasteiger partial charge in [-0.25, -0.2) is 9.98 Å². The molecule has 1 aromatic heterocycles. The van der Waals surface area contributed by atoms with Crippen LogP contribution in [0.3, 0.4) is 0 Å². The van der Waals surface area contributed by atoms with Gasteiger partial charge in [0, 0.05) is 22.9 Å². The van der Waals surface area contributed by atoms with Crippen LogP contribution in [0.15, 0.2) is 41.5 Å². The highest BCUT2D eigenvalue weighted by atomic mass is 35.5. The fourth-order valence-corrected chi connectivity index (χ4v) is 4.92. The predicted molar refractivity (Wildman–Crippen MR) is 109 cm³/mol. The number of benzene rings is 1. The van der Waals surface area contributed by atoms with Crippen LogP contribution in [-0.2, 0) is 10.3 Å². The number of hydrogen-bond acceptors (Lipinski definition) is 6. The van der Waals surface area contributed by atoms with Crippen molar-refractivity contribution >= 4 is 29.2 Å². The van der Waals surface area contributed by atoms with Crippen molar-refractivity contribution in [3.05, 3.63) is 52.8 Å². The Kier molecular flexibility index (Phi) is 3.68. The zero-order chi connectivity index (χ0) is 20.4. The van der Waals surface area contributed by atoms with Crippen LogP contribution in [0.4, 0.5) is 5.69 Å². The molecule has 3 aliphatic rings. The average Bonchev–Trinajstić information content (AvgIpc) is 3.41. The summed E-state index contributed by atoms with van der Waals surface area (Å²) in [7, 11) is 0. The van der Waals surface area contributed by atoms with E-state index < -0.39 is 11.1 Å². The summed E-state index contributed by atoms with van der Waals surface area (Å²) in [4.78, 5) is 21.4. The lowest BCUT2D eigenvalue weighted by Gasteiger charge is -2.49. The summed E-state index contributed by atoms with van der Waals surface area (Å²) in [6, 6.07) is 8.99. The third kappa shape index (κ3) is 2.53. The van der Waals surface area contributed by atoms with Gasteiger partial charge in [-0.1, -0.05) is 11.6 Å². The van der Waals surface area contributed by atoms with Crippen molar-refractivity contribution in [2.24, 2.45) is 16.1 Å². The van der Waals surface area contributed by atoms with Crippen LogP contribution in [0.25, 0.3) is 0 Å². The fourth-order valence-electron chi connectivity index (χ4n) is 4.81. The lowest BCUT2D eigenvalue weighted by Crippen LogP contribution is -2.55. The van der Waals surface area contributed by atoms with Gasteiger partial charge in [-0.15, -0.1) is 0 Å². The second kappa shape index (κ2) is 5.86. The van der Waals surface area contributed by atoms with Gasteiger partial charge in [-0.3, -0.25) is 4.79 Å². The molecule has 2 aliphatic heterocycles. The molecular formula is C21H21ClN4O3. The van der Waals surface area contributed by atoms with Crippen LogP contribution in [0.5, 0.6) is 5.75 Å². The molecule has 0 saturated heterocycles. The quantitative estimate of drug-likeness (QED) is 0.786. The molecule has 1 saturated carbocycles. The number of aromatic nitrogens is 1. The summed E-state index contributed by atoms with van der Waals surface area (Å²) in [5.74, 6) is 0.414. The maximum Gasteiger partial charge on any atom is 0.283 e. The monoisotopic (exact) mass is 412 g/mol. The van der Waals surface area contributed by atoms with Crippen molar-refractivity contribution in [1.82, 2.24) is 4.98 Å². The number of amides is 1. The Bertz CT molecular complexity index is 1050. The minimum atomic E-state index is -0.618. The molecule has 2 aromatic rings. The van der Waals surface area contributed by atoms with Gasteiger partial charge in [0.15, 0.2) is 0 Å². The van der Waals surface area contributed by atoms with Gasteiger partial charge in [0.1, 0.15) is 29.2 Å². The zero-order valence-electron chi connectivity index (χ0n) is 16.2. The normalized spacial score (nSPS) is 25.0. The van der Waals surface area contributed by atoms with Crippen LogP contribution in [0.1, 0.15) is 42.7 Å². The number of carbonyl (C=O) groups excluding carboxylic acids is 1. The Labute approximate surface area is 173 Å². The summed E-state index contributed by atoms with van der Waals surface area (Å²) in [5, 5.41) is 3.37. The van der Waals surface area contributed by atoms with E-state index in [1.807, 2.05) is 18.2 Å². The maximum absolute atomic E-state index is 12.6. The van der Waals surface area contributed by atoms with E-state index in [9.17, 15) is 4.79 Å². The SMILES string of the molecule is CC1(C)Oc2ccc(NC(=O)c3ccc(Cl)cn3)cc2C2(COC(N)=N2)C12CC2. The fraction of sp³-hybridized carbons (Fsp3) is 0.381. The van der Waals surface area contributed by atoms with Gasteiger partial charge >= 0.3 is 0 Å². The van der Waals surface area contributed by atoms with Crippen LogP contribution in [0, 0.1) is 5.41 Å². The number of fused-ring (bicyclic) bond motifs is 3. The first kappa shape index (κ1) is 18.2. The van der Waals surface area contributed by atoms with Crippen molar-refractivity contribution in [3.63, 3.8) is 0 Å². The maximum atomic E-state index is 12.6. The molecule has 8 heteroatoms. The Morgan fingerprint density at radius 3 is 2.66 bits per heavy atom. The number of halogens is 1. The highest BCUT2D eigenvalue weighted by Crippen LogP contribution is 2.71. The summed E-state index contributed by atoms with van der Waals surface area (Å²) in [5.41, 5.74) is 6.53. The molecule has 5 rings (SSSR count). The molecule has 2 spiro atoms.